The van der Waals surface area contributed by atoms with Gasteiger partial charge in [0, 0.05) is 18.7 Å². The number of morpholine rings is 1. The van der Waals surface area contributed by atoms with Crippen LogP contribution >= 0.6 is 0 Å². The van der Waals surface area contributed by atoms with Crippen LogP contribution in [0.15, 0.2) is 18.2 Å². The second kappa shape index (κ2) is 6.08. The predicted molar refractivity (Wildman–Crippen MR) is 63.5 cm³/mol. The van der Waals surface area contributed by atoms with Crippen LogP contribution < -0.4 is 0 Å². The third-order valence-electron chi connectivity index (χ3n) is 3.07. The molecule has 0 aromatic heterocycles. The van der Waals surface area contributed by atoms with Crippen LogP contribution in [-0.4, -0.2) is 48.3 Å². The number of halogens is 2. The standard InChI is InChI=1S/C13H15F2NO3/c14-11-3-1-2-9(13(11)15)6-12(18)16-4-5-19-10(7-16)8-17/h1-3,10,17H,4-8H2. The van der Waals surface area contributed by atoms with Crippen molar-refractivity contribution in [3.05, 3.63) is 35.4 Å². The van der Waals surface area contributed by atoms with Gasteiger partial charge in [0.1, 0.15) is 0 Å². The molecule has 1 atom stereocenters. The molecule has 1 aliphatic rings. The smallest absolute Gasteiger partial charge is 0.227 e. The van der Waals surface area contributed by atoms with Crippen LogP contribution in [0.3, 0.4) is 0 Å². The van der Waals surface area contributed by atoms with Crippen LogP contribution in [0.5, 0.6) is 0 Å². The molecule has 19 heavy (non-hydrogen) atoms. The number of ether oxygens (including phenoxy) is 1. The van der Waals surface area contributed by atoms with Crippen molar-refractivity contribution >= 4 is 5.91 Å². The van der Waals surface area contributed by atoms with Gasteiger partial charge in [-0.2, -0.15) is 0 Å². The number of hydrogen-bond donors (Lipinski definition) is 1. The topological polar surface area (TPSA) is 49.8 Å². The third kappa shape index (κ3) is 3.27. The number of carbonyl (C=O) groups is 1. The Labute approximate surface area is 109 Å². The number of benzene rings is 1. The molecule has 1 N–H and O–H groups in total. The lowest BCUT2D eigenvalue weighted by atomic mass is 10.1. The summed E-state index contributed by atoms with van der Waals surface area (Å²) in [5, 5.41) is 8.99. The quantitative estimate of drug-likeness (QED) is 0.881. The molecule has 0 bridgehead atoms. The van der Waals surface area contributed by atoms with Crippen LogP contribution in [0.1, 0.15) is 5.56 Å². The Balaban J connectivity index is 2.02. The number of carbonyl (C=O) groups excluding carboxylic acids is 1. The largest absolute Gasteiger partial charge is 0.394 e. The molecule has 1 amide bonds. The van der Waals surface area contributed by atoms with E-state index < -0.39 is 17.7 Å². The van der Waals surface area contributed by atoms with E-state index in [0.717, 1.165) is 6.07 Å². The molecule has 0 spiro atoms. The van der Waals surface area contributed by atoms with Gasteiger partial charge in [0.2, 0.25) is 5.91 Å². The van der Waals surface area contributed by atoms with E-state index in [1.807, 2.05) is 0 Å². The Morgan fingerprint density at radius 3 is 3.00 bits per heavy atom. The van der Waals surface area contributed by atoms with E-state index in [0.29, 0.717) is 13.2 Å². The van der Waals surface area contributed by atoms with Crippen molar-refractivity contribution in [1.82, 2.24) is 4.90 Å². The minimum absolute atomic E-state index is 0.0389. The third-order valence-corrected chi connectivity index (χ3v) is 3.07. The van der Waals surface area contributed by atoms with E-state index >= 15 is 0 Å². The normalized spacial score (nSPS) is 19.5. The van der Waals surface area contributed by atoms with Gasteiger partial charge >= 0.3 is 0 Å². The maximum absolute atomic E-state index is 13.5. The summed E-state index contributed by atoms with van der Waals surface area (Å²) in [5.74, 6) is -2.24. The maximum atomic E-state index is 13.5. The highest BCUT2D eigenvalue weighted by Crippen LogP contribution is 2.14. The molecule has 1 fully saturated rings. The van der Waals surface area contributed by atoms with Gasteiger partial charge in [0.05, 0.1) is 25.7 Å². The first kappa shape index (κ1) is 13.9. The number of aliphatic hydroxyl groups is 1. The Kier molecular flexibility index (Phi) is 4.44. The summed E-state index contributed by atoms with van der Waals surface area (Å²) in [4.78, 5) is 13.5. The van der Waals surface area contributed by atoms with Gasteiger partial charge in [0.25, 0.3) is 0 Å². The summed E-state index contributed by atoms with van der Waals surface area (Å²) in [7, 11) is 0. The second-order valence-electron chi connectivity index (χ2n) is 4.40. The van der Waals surface area contributed by atoms with E-state index in [4.69, 9.17) is 9.84 Å². The van der Waals surface area contributed by atoms with E-state index in [9.17, 15) is 13.6 Å². The Morgan fingerprint density at radius 1 is 1.47 bits per heavy atom. The minimum Gasteiger partial charge on any atom is -0.394 e. The highest BCUT2D eigenvalue weighted by Gasteiger charge is 2.24. The lowest BCUT2D eigenvalue weighted by Gasteiger charge is -2.32. The van der Waals surface area contributed by atoms with Crippen LogP contribution in [0.2, 0.25) is 0 Å². The van der Waals surface area contributed by atoms with Crippen LogP contribution in [0.25, 0.3) is 0 Å². The molecule has 1 aliphatic heterocycles. The fourth-order valence-electron chi connectivity index (χ4n) is 2.02. The highest BCUT2D eigenvalue weighted by atomic mass is 19.2. The molecule has 1 unspecified atom stereocenters. The molecule has 104 valence electrons. The number of aliphatic hydroxyl groups excluding tert-OH is 1. The monoisotopic (exact) mass is 271 g/mol. The molecular weight excluding hydrogens is 256 g/mol. The molecule has 0 saturated carbocycles. The number of nitrogens with zero attached hydrogens (tertiary/aromatic N) is 1. The zero-order chi connectivity index (χ0) is 13.8. The van der Waals surface area contributed by atoms with Crippen molar-refractivity contribution in [2.75, 3.05) is 26.3 Å². The fraction of sp³-hybridized carbons (Fsp3) is 0.462. The summed E-state index contributed by atoms with van der Waals surface area (Å²) < 4.78 is 31.7. The molecule has 1 saturated heterocycles. The van der Waals surface area contributed by atoms with Crippen molar-refractivity contribution in [1.29, 1.82) is 0 Å². The Bertz CT molecular complexity index is 467. The van der Waals surface area contributed by atoms with E-state index in [2.05, 4.69) is 0 Å². The summed E-state index contributed by atoms with van der Waals surface area (Å²) >= 11 is 0. The van der Waals surface area contributed by atoms with Gasteiger partial charge in [-0.1, -0.05) is 12.1 Å². The maximum Gasteiger partial charge on any atom is 0.227 e. The molecule has 2 rings (SSSR count). The predicted octanol–water partition coefficient (Wildman–Crippen LogP) is 0.727. The molecule has 1 heterocycles. The zero-order valence-electron chi connectivity index (χ0n) is 10.3. The Hall–Kier alpha value is -1.53. The van der Waals surface area contributed by atoms with Crippen LogP contribution in [-0.2, 0) is 16.0 Å². The van der Waals surface area contributed by atoms with E-state index in [-0.39, 0.29) is 31.0 Å². The fourth-order valence-corrected chi connectivity index (χ4v) is 2.02. The summed E-state index contributed by atoms with van der Waals surface area (Å²) in [6.07, 6.45) is -0.600. The molecule has 6 heteroatoms. The van der Waals surface area contributed by atoms with Gasteiger partial charge in [-0.25, -0.2) is 8.78 Å². The van der Waals surface area contributed by atoms with E-state index in [1.165, 1.54) is 17.0 Å². The molecular formula is C13H15F2NO3. The SMILES string of the molecule is O=C(Cc1cccc(F)c1F)N1CCOC(CO)C1. The zero-order valence-corrected chi connectivity index (χ0v) is 10.3. The van der Waals surface area contributed by atoms with Gasteiger partial charge in [-0.3, -0.25) is 4.79 Å². The molecule has 0 aliphatic carbocycles. The Morgan fingerprint density at radius 2 is 2.26 bits per heavy atom. The average molecular weight is 271 g/mol. The minimum atomic E-state index is -0.984. The second-order valence-corrected chi connectivity index (χ2v) is 4.40. The van der Waals surface area contributed by atoms with Crippen molar-refractivity contribution < 1.29 is 23.4 Å². The van der Waals surface area contributed by atoms with Crippen molar-refractivity contribution in [2.45, 2.75) is 12.5 Å². The van der Waals surface area contributed by atoms with Gasteiger partial charge in [0.15, 0.2) is 11.6 Å². The summed E-state index contributed by atoms with van der Waals surface area (Å²) in [6, 6.07) is 3.77. The first-order chi connectivity index (χ1) is 9.11. The average Bonchev–Trinajstić information content (AvgIpc) is 2.44. The molecule has 1 aromatic carbocycles. The first-order valence-corrected chi connectivity index (χ1v) is 6.05. The lowest BCUT2D eigenvalue weighted by molar-refractivity contribution is -0.139. The van der Waals surface area contributed by atoms with Crippen LogP contribution in [0.4, 0.5) is 8.78 Å². The first-order valence-electron chi connectivity index (χ1n) is 6.05. The van der Waals surface area contributed by atoms with Crippen molar-refractivity contribution in [3.63, 3.8) is 0 Å². The highest BCUT2D eigenvalue weighted by molar-refractivity contribution is 5.79. The summed E-state index contributed by atoms with van der Waals surface area (Å²) in [5.41, 5.74) is 0.0389. The molecule has 1 aromatic rings. The van der Waals surface area contributed by atoms with Crippen molar-refractivity contribution in [2.24, 2.45) is 0 Å². The molecule has 0 radical (unpaired) electrons. The number of hydrogen-bond acceptors (Lipinski definition) is 3. The van der Waals surface area contributed by atoms with E-state index in [1.54, 1.807) is 0 Å². The van der Waals surface area contributed by atoms with Gasteiger partial charge < -0.3 is 14.7 Å². The van der Waals surface area contributed by atoms with Gasteiger partial charge in [-0.05, 0) is 6.07 Å². The van der Waals surface area contributed by atoms with Crippen molar-refractivity contribution in [3.8, 4) is 0 Å². The summed E-state index contributed by atoms with van der Waals surface area (Å²) in [6.45, 7) is 0.833. The number of amides is 1. The number of rotatable bonds is 3. The van der Waals surface area contributed by atoms with Gasteiger partial charge in [-0.15, -0.1) is 0 Å². The lowest BCUT2D eigenvalue weighted by Crippen LogP contribution is -2.47. The molecule has 4 nitrogen and oxygen atoms in total. The van der Waals surface area contributed by atoms with Crippen LogP contribution in [0, 0.1) is 11.6 Å².